The Hall–Kier alpha value is -3.59. The van der Waals surface area contributed by atoms with E-state index in [1.165, 1.54) is 6.92 Å². The first-order chi connectivity index (χ1) is 18.6. The van der Waals surface area contributed by atoms with Crippen molar-refractivity contribution in [2.45, 2.75) is 62.4 Å². The summed E-state index contributed by atoms with van der Waals surface area (Å²) in [6.45, 7) is 0.820. The lowest BCUT2D eigenvalue weighted by molar-refractivity contribution is -0.308. The van der Waals surface area contributed by atoms with Gasteiger partial charge in [0.15, 0.2) is 5.78 Å². The highest BCUT2D eigenvalue weighted by Crippen LogP contribution is 2.34. The number of ether oxygens (including phenoxy) is 3. The highest BCUT2D eigenvalue weighted by Gasteiger charge is 2.56. The van der Waals surface area contributed by atoms with Gasteiger partial charge in [-0.1, -0.05) is 60.5 Å². The van der Waals surface area contributed by atoms with Gasteiger partial charge >= 0.3 is 5.97 Å². The summed E-state index contributed by atoms with van der Waals surface area (Å²) < 4.78 is 15.9. The molecule has 2 aromatic carbocycles. The van der Waals surface area contributed by atoms with Crippen LogP contribution in [0.3, 0.4) is 0 Å². The predicted octanol–water partition coefficient (Wildman–Crippen LogP) is 1.21. The molecule has 0 bridgehead atoms. The van der Waals surface area contributed by atoms with Crippen molar-refractivity contribution in [2.24, 2.45) is 0 Å². The van der Waals surface area contributed by atoms with E-state index in [4.69, 9.17) is 20.6 Å². The number of amides is 1. The Morgan fingerprint density at radius 1 is 1.13 bits per heavy atom. The third-order valence-electron chi connectivity index (χ3n) is 6.54. The molecule has 1 heterocycles. The van der Waals surface area contributed by atoms with E-state index in [2.05, 4.69) is 11.2 Å². The molecule has 0 saturated carbocycles. The number of esters is 1. The Labute approximate surface area is 226 Å². The maximum atomic E-state index is 12.8. The monoisotopic (exact) mass is 539 g/mol. The predicted molar refractivity (Wildman–Crippen MR) is 140 cm³/mol. The highest BCUT2D eigenvalue weighted by molar-refractivity contribution is 5.96. The highest BCUT2D eigenvalue weighted by atomic mass is 16.7. The van der Waals surface area contributed by atoms with Crippen LogP contribution in [-0.2, 0) is 23.8 Å². The SMILES string of the molecule is C#CCO[C@]1(C(=O)OC)C[C@@H](O)[C@@H](NC(C)=O)C([C@H](O)[C@H](O)CCC(=O)c2ccc(-c3ccccc3)cc2)O1. The van der Waals surface area contributed by atoms with E-state index in [-0.39, 0.29) is 25.2 Å². The molecule has 10 nitrogen and oxygen atoms in total. The average Bonchev–Trinajstić information content (AvgIpc) is 2.95. The zero-order chi connectivity index (χ0) is 28.6. The number of aliphatic hydroxyl groups is 3. The van der Waals surface area contributed by atoms with Crippen molar-refractivity contribution in [3.63, 3.8) is 0 Å². The molecular formula is C29H33NO9. The molecule has 1 amide bonds. The molecule has 0 aliphatic carbocycles. The van der Waals surface area contributed by atoms with Gasteiger partial charge in [-0.3, -0.25) is 9.59 Å². The van der Waals surface area contributed by atoms with Crippen molar-refractivity contribution in [3.8, 4) is 23.5 Å². The van der Waals surface area contributed by atoms with E-state index in [1.807, 2.05) is 42.5 Å². The molecule has 0 radical (unpaired) electrons. The van der Waals surface area contributed by atoms with E-state index >= 15 is 0 Å². The lowest BCUT2D eigenvalue weighted by atomic mass is 9.87. The number of carbonyl (C=O) groups is 3. The molecule has 10 heteroatoms. The first kappa shape index (κ1) is 30.0. The van der Waals surface area contributed by atoms with Gasteiger partial charge in [0.05, 0.1) is 25.4 Å². The maximum absolute atomic E-state index is 12.8. The van der Waals surface area contributed by atoms with Gasteiger partial charge < -0.3 is 34.8 Å². The van der Waals surface area contributed by atoms with Crippen molar-refractivity contribution >= 4 is 17.7 Å². The minimum Gasteiger partial charge on any atom is -0.465 e. The zero-order valence-electron chi connectivity index (χ0n) is 21.8. The Kier molecular flexibility index (Phi) is 10.3. The average molecular weight is 540 g/mol. The Balaban J connectivity index is 1.73. The van der Waals surface area contributed by atoms with E-state index in [0.29, 0.717) is 5.56 Å². The van der Waals surface area contributed by atoms with Crippen LogP contribution in [-0.4, -0.2) is 82.9 Å². The van der Waals surface area contributed by atoms with Crippen LogP contribution in [0.5, 0.6) is 0 Å². The van der Waals surface area contributed by atoms with Crippen LogP contribution in [0.25, 0.3) is 11.1 Å². The molecule has 4 N–H and O–H groups in total. The van der Waals surface area contributed by atoms with Crippen LogP contribution in [0, 0.1) is 12.3 Å². The molecule has 1 fully saturated rings. The summed E-state index contributed by atoms with van der Waals surface area (Å²) in [5, 5.41) is 35.0. The molecule has 208 valence electrons. The number of nitrogens with one attached hydrogen (secondary N) is 1. The number of ketones is 1. The summed E-state index contributed by atoms with van der Waals surface area (Å²) in [6, 6.07) is 15.5. The number of benzene rings is 2. The molecule has 0 spiro atoms. The fourth-order valence-electron chi connectivity index (χ4n) is 4.55. The van der Waals surface area contributed by atoms with Gasteiger partial charge in [0.2, 0.25) is 5.91 Å². The lowest BCUT2D eigenvalue weighted by Crippen LogP contribution is -2.67. The molecule has 1 saturated heterocycles. The number of hydrogen-bond donors (Lipinski definition) is 4. The Morgan fingerprint density at radius 3 is 2.36 bits per heavy atom. The second kappa shape index (κ2) is 13.5. The number of hydrogen-bond acceptors (Lipinski definition) is 9. The molecule has 39 heavy (non-hydrogen) atoms. The third kappa shape index (κ3) is 7.29. The van der Waals surface area contributed by atoms with Gasteiger partial charge in [-0.05, 0) is 17.5 Å². The molecule has 6 atom stereocenters. The van der Waals surface area contributed by atoms with Gasteiger partial charge in [0.25, 0.3) is 5.79 Å². The van der Waals surface area contributed by atoms with Crippen LogP contribution in [0.15, 0.2) is 54.6 Å². The molecular weight excluding hydrogens is 506 g/mol. The summed E-state index contributed by atoms with van der Waals surface area (Å²) in [5.74, 6) is -1.81. The Bertz CT molecular complexity index is 1180. The molecule has 1 unspecified atom stereocenters. The van der Waals surface area contributed by atoms with Crippen molar-refractivity contribution in [1.82, 2.24) is 5.32 Å². The lowest BCUT2D eigenvalue weighted by Gasteiger charge is -2.46. The zero-order valence-corrected chi connectivity index (χ0v) is 21.8. The molecule has 1 aliphatic rings. The quantitative estimate of drug-likeness (QED) is 0.188. The van der Waals surface area contributed by atoms with Crippen molar-refractivity contribution in [3.05, 3.63) is 60.2 Å². The molecule has 1 aliphatic heterocycles. The second-order valence-electron chi connectivity index (χ2n) is 9.28. The van der Waals surface area contributed by atoms with Crippen LogP contribution in [0.2, 0.25) is 0 Å². The largest absolute Gasteiger partial charge is 0.465 e. The second-order valence-corrected chi connectivity index (χ2v) is 9.28. The normalized spacial score (nSPS) is 24.2. The van der Waals surface area contributed by atoms with E-state index in [9.17, 15) is 29.7 Å². The minimum atomic E-state index is -2.18. The van der Waals surface area contributed by atoms with Crippen LogP contribution >= 0.6 is 0 Å². The van der Waals surface area contributed by atoms with E-state index in [0.717, 1.165) is 18.2 Å². The van der Waals surface area contributed by atoms with Crippen LogP contribution in [0.4, 0.5) is 0 Å². The van der Waals surface area contributed by atoms with Gasteiger partial charge in [-0.25, -0.2) is 4.79 Å². The standard InChI is InChI=1S/C29H33NO9/c1-4-16-38-29(28(36)37-3)17-24(34)25(30-18(2)31)27(39-29)26(35)23(33)15-14-22(32)21-12-10-20(11-13-21)19-8-6-5-7-9-19/h1,5-13,23-27,33-35H,14-17H2,2-3H3,(H,30,31)/t23-,24-,25-,26-,27?,29-/m1/s1. The fourth-order valence-corrected chi connectivity index (χ4v) is 4.55. The number of rotatable bonds is 11. The number of carbonyl (C=O) groups excluding carboxylic acids is 3. The van der Waals surface area contributed by atoms with Crippen molar-refractivity contribution in [2.75, 3.05) is 13.7 Å². The van der Waals surface area contributed by atoms with Crippen LogP contribution < -0.4 is 5.32 Å². The number of methoxy groups -OCH3 is 1. The molecule has 3 rings (SSSR count). The third-order valence-corrected chi connectivity index (χ3v) is 6.54. The van der Waals surface area contributed by atoms with Crippen molar-refractivity contribution in [1.29, 1.82) is 0 Å². The summed E-state index contributed by atoms with van der Waals surface area (Å²) in [6.07, 6.45) is -1.69. The summed E-state index contributed by atoms with van der Waals surface area (Å²) >= 11 is 0. The topological polar surface area (TPSA) is 152 Å². The van der Waals surface area contributed by atoms with E-state index in [1.54, 1.807) is 12.1 Å². The number of aliphatic hydroxyl groups excluding tert-OH is 3. The van der Waals surface area contributed by atoms with E-state index < -0.39 is 54.5 Å². The van der Waals surface area contributed by atoms with Gasteiger partial charge in [0, 0.05) is 25.3 Å². The fraction of sp³-hybridized carbons (Fsp3) is 0.414. The number of Topliss-reactive ketones (excluding diaryl/α,β-unsaturated/α-hetero) is 1. The molecule has 0 aromatic heterocycles. The number of terminal acetylenes is 1. The van der Waals surface area contributed by atoms with Crippen LogP contribution in [0.1, 0.15) is 36.5 Å². The molecule has 2 aromatic rings. The minimum absolute atomic E-state index is 0.112. The summed E-state index contributed by atoms with van der Waals surface area (Å²) in [4.78, 5) is 37.1. The van der Waals surface area contributed by atoms with Gasteiger partial charge in [-0.2, -0.15) is 0 Å². The smallest absolute Gasteiger partial charge is 0.366 e. The summed E-state index contributed by atoms with van der Waals surface area (Å²) in [5.41, 5.74) is 2.39. The maximum Gasteiger partial charge on any atom is 0.366 e. The van der Waals surface area contributed by atoms with Crippen molar-refractivity contribution < 1.29 is 43.9 Å². The Morgan fingerprint density at radius 2 is 1.77 bits per heavy atom. The summed E-state index contributed by atoms with van der Waals surface area (Å²) in [7, 11) is 1.08. The van der Waals surface area contributed by atoms with Gasteiger partial charge in [-0.15, -0.1) is 6.42 Å². The first-order valence-corrected chi connectivity index (χ1v) is 12.5. The van der Waals surface area contributed by atoms with Gasteiger partial charge in [0.1, 0.15) is 18.8 Å². The first-order valence-electron chi connectivity index (χ1n) is 12.5.